The Bertz CT molecular complexity index is 513. The van der Waals surface area contributed by atoms with Crippen LogP contribution >= 0.6 is 27.3 Å². The minimum atomic E-state index is -3.15. The molecule has 0 unspecified atom stereocenters. The average molecular weight is 355 g/mol. The van der Waals surface area contributed by atoms with Crippen LogP contribution in [0.3, 0.4) is 0 Å². The Morgan fingerprint density at radius 3 is 2.74 bits per heavy atom. The molecule has 2 rings (SSSR count). The molecule has 0 bridgehead atoms. The van der Waals surface area contributed by atoms with Crippen LogP contribution in [0.5, 0.6) is 0 Å². The van der Waals surface area contributed by atoms with Crippen molar-refractivity contribution >= 4 is 33.4 Å². The predicted octanol–water partition coefficient (Wildman–Crippen LogP) is 3.75. The third-order valence-electron chi connectivity index (χ3n) is 2.39. The number of rotatable bonds is 0. The van der Waals surface area contributed by atoms with Gasteiger partial charge in [-0.1, -0.05) is 0 Å². The first-order valence-corrected chi connectivity index (χ1v) is 7.21. The SMILES string of the molecule is CC(C)(C)OC(=O)N1Cc2sc(Br)nc2C(F)(F)C1. The van der Waals surface area contributed by atoms with E-state index in [0.29, 0.717) is 8.79 Å². The highest BCUT2D eigenvalue weighted by molar-refractivity contribution is 9.11. The molecule has 19 heavy (non-hydrogen) atoms. The average Bonchev–Trinajstić information content (AvgIpc) is 2.56. The summed E-state index contributed by atoms with van der Waals surface area (Å²) in [6.07, 6.45) is -0.734. The molecule has 0 fully saturated rings. The first kappa shape index (κ1) is 14.6. The molecule has 8 heteroatoms. The number of fused-ring (bicyclic) bond motifs is 1. The third-order valence-corrected chi connectivity index (χ3v) is 3.88. The van der Waals surface area contributed by atoms with E-state index in [1.54, 1.807) is 20.8 Å². The highest BCUT2D eigenvalue weighted by atomic mass is 79.9. The highest BCUT2D eigenvalue weighted by Gasteiger charge is 2.45. The maximum Gasteiger partial charge on any atom is 0.410 e. The second-order valence-corrected chi connectivity index (χ2v) is 7.64. The van der Waals surface area contributed by atoms with Crippen molar-refractivity contribution < 1.29 is 18.3 Å². The number of ether oxygens (including phenoxy) is 1. The summed E-state index contributed by atoms with van der Waals surface area (Å²) in [5.41, 5.74) is -0.954. The van der Waals surface area contributed by atoms with E-state index in [2.05, 4.69) is 20.9 Å². The summed E-state index contributed by atoms with van der Waals surface area (Å²) < 4.78 is 33.4. The minimum Gasteiger partial charge on any atom is -0.444 e. The molecule has 0 saturated carbocycles. The molecule has 0 aromatic carbocycles. The van der Waals surface area contributed by atoms with Crippen LogP contribution in [0.4, 0.5) is 13.6 Å². The van der Waals surface area contributed by atoms with Crippen molar-refractivity contribution in [3.8, 4) is 0 Å². The third kappa shape index (κ3) is 3.22. The van der Waals surface area contributed by atoms with Gasteiger partial charge in [0.2, 0.25) is 0 Å². The van der Waals surface area contributed by atoms with E-state index in [-0.39, 0.29) is 12.2 Å². The van der Waals surface area contributed by atoms with E-state index in [4.69, 9.17) is 4.74 Å². The molecule has 106 valence electrons. The Morgan fingerprint density at radius 2 is 2.16 bits per heavy atom. The molecule has 0 N–H and O–H groups in total. The van der Waals surface area contributed by atoms with Crippen molar-refractivity contribution in [3.05, 3.63) is 14.5 Å². The van der Waals surface area contributed by atoms with Crippen molar-refractivity contribution in [2.24, 2.45) is 0 Å². The van der Waals surface area contributed by atoms with Gasteiger partial charge in [-0.2, -0.15) is 8.78 Å². The van der Waals surface area contributed by atoms with E-state index in [9.17, 15) is 13.6 Å². The van der Waals surface area contributed by atoms with Crippen LogP contribution in [-0.4, -0.2) is 28.1 Å². The number of nitrogens with zero attached hydrogens (tertiary/aromatic N) is 2. The second kappa shape index (κ2) is 4.66. The van der Waals surface area contributed by atoms with Crippen LogP contribution < -0.4 is 0 Å². The van der Waals surface area contributed by atoms with Gasteiger partial charge >= 0.3 is 12.0 Å². The van der Waals surface area contributed by atoms with Gasteiger partial charge in [0, 0.05) is 0 Å². The van der Waals surface area contributed by atoms with E-state index >= 15 is 0 Å². The number of halogens is 3. The summed E-state index contributed by atoms with van der Waals surface area (Å²) in [6.45, 7) is 4.49. The molecular formula is C11H13BrF2N2O2S. The zero-order chi connectivity index (χ0) is 14.4. The molecule has 2 heterocycles. The van der Waals surface area contributed by atoms with Crippen molar-refractivity contribution in [1.29, 1.82) is 0 Å². The molecule has 0 aliphatic carbocycles. The number of carbonyl (C=O) groups is 1. The van der Waals surface area contributed by atoms with Crippen molar-refractivity contribution in [1.82, 2.24) is 9.88 Å². The second-order valence-electron chi connectivity index (χ2n) is 5.28. The monoisotopic (exact) mass is 354 g/mol. The Morgan fingerprint density at radius 1 is 1.53 bits per heavy atom. The first-order valence-electron chi connectivity index (χ1n) is 5.60. The number of hydrogen-bond donors (Lipinski definition) is 0. The molecular weight excluding hydrogens is 342 g/mol. The Kier molecular flexibility index (Phi) is 3.59. The van der Waals surface area contributed by atoms with Gasteiger partial charge in [0.25, 0.3) is 0 Å². The topological polar surface area (TPSA) is 42.4 Å². The van der Waals surface area contributed by atoms with Gasteiger partial charge in [-0.05, 0) is 36.7 Å². The molecule has 1 aromatic heterocycles. The Labute approximate surface area is 121 Å². The Hall–Kier alpha value is -0.760. The van der Waals surface area contributed by atoms with Crippen molar-refractivity contribution in [3.63, 3.8) is 0 Å². The van der Waals surface area contributed by atoms with Crippen molar-refractivity contribution in [2.45, 2.75) is 38.8 Å². The van der Waals surface area contributed by atoms with Crippen LogP contribution in [0.15, 0.2) is 3.92 Å². The zero-order valence-electron chi connectivity index (χ0n) is 10.7. The van der Waals surface area contributed by atoms with E-state index in [0.717, 1.165) is 16.2 Å². The maximum absolute atomic E-state index is 13.9. The summed E-state index contributed by atoms with van der Waals surface area (Å²) >= 11 is 4.20. The highest BCUT2D eigenvalue weighted by Crippen LogP contribution is 2.40. The lowest BCUT2D eigenvalue weighted by molar-refractivity contribution is -0.0612. The van der Waals surface area contributed by atoms with Gasteiger partial charge < -0.3 is 4.74 Å². The van der Waals surface area contributed by atoms with Crippen LogP contribution in [0.2, 0.25) is 0 Å². The number of thiazole rings is 1. The molecule has 0 atom stereocenters. The van der Waals surface area contributed by atoms with Gasteiger partial charge in [-0.3, -0.25) is 4.90 Å². The molecule has 0 saturated heterocycles. The van der Waals surface area contributed by atoms with Gasteiger partial charge in [0.1, 0.15) is 11.3 Å². The lowest BCUT2D eigenvalue weighted by Gasteiger charge is -2.33. The van der Waals surface area contributed by atoms with Crippen molar-refractivity contribution in [2.75, 3.05) is 6.54 Å². The lowest BCUT2D eigenvalue weighted by atomic mass is 10.1. The molecule has 1 amide bonds. The summed E-state index contributed by atoms with van der Waals surface area (Å²) in [6, 6.07) is 0. The normalized spacial score (nSPS) is 18.1. The standard InChI is InChI=1S/C11H13BrF2N2O2S/c1-10(2,3)18-9(17)16-4-6-7(11(13,14)5-16)15-8(12)19-6/h4-5H2,1-3H3. The molecule has 0 radical (unpaired) electrons. The fraction of sp³-hybridized carbons (Fsp3) is 0.636. The van der Waals surface area contributed by atoms with E-state index in [1.807, 2.05) is 0 Å². The predicted molar refractivity (Wildman–Crippen MR) is 70.4 cm³/mol. The van der Waals surface area contributed by atoms with Gasteiger partial charge in [-0.15, -0.1) is 11.3 Å². The number of carbonyl (C=O) groups excluding carboxylic acids is 1. The fourth-order valence-electron chi connectivity index (χ4n) is 1.72. The number of alkyl halides is 2. The minimum absolute atomic E-state index is 0.100. The van der Waals surface area contributed by atoms with Gasteiger partial charge in [0.05, 0.1) is 18.0 Å². The van der Waals surface area contributed by atoms with Crippen LogP contribution in [0, 0.1) is 0 Å². The lowest BCUT2D eigenvalue weighted by Crippen LogP contribution is -2.45. The number of hydrogen-bond acceptors (Lipinski definition) is 4. The Balaban J connectivity index is 2.22. The molecule has 1 aliphatic heterocycles. The summed E-state index contributed by atoms with van der Waals surface area (Å²) in [5, 5.41) is 0. The van der Waals surface area contributed by atoms with Crippen LogP contribution in [0.25, 0.3) is 0 Å². The maximum atomic E-state index is 13.9. The van der Waals surface area contributed by atoms with Gasteiger partial charge in [-0.25, -0.2) is 9.78 Å². The van der Waals surface area contributed by atoms with E-state index in [1.165, 1.54) is 0 Å². The fourth-order valence-corrected chi connectivity index (χ4v) is 3.33. The molecule has 1 aliphatic rings. The molecule has 4 nitrogen and oxygen atoms in total. The molecule has 0 spiro atoms. The number of amides is 1. The number of aromatic nitrogens is 1. The summed E-state index contributed by atoms with van der Waals surface area (Å²) in [4.78, 5) is 17.0. The zero-order valence-corrected chi connectivity index (χ0v) is 13.1. The van der Waals surface area contributed by atoms with Crippen LogP contribution in [0.1, 0.15) is 31.3 Å². The largest absolute Gasteiger partial charge is 0.444 e. The summed E-state index contributed by atoms with van der Waals surface area (Å²) in [7, 11) is 0. The smallest absolute Gasteiger partial charge is 0.410 e. The summed E-state index contributed by atoms with van der Waals surface area (Å²) in [5.74, 6) is -3.15. The first-order chi connectivity index (χ1) is 8.58. The quantitative estimate of drug-likeness (QED) is 0.712. The van der Waals surface area contributed by atoms with E-state index < -0.39 is 24.2 Å². The molecule has 1 aromatic rings. The van der Waals surface area contributed by atoms with Crippen LogP contribution in [-0.2, 0) is 17.2 Å². The van der Waals surface area contributed by atoms with Gasteiger partial charge in [0.15, 0.2) is 3.92 Å².